The molecule has 46 heavy (non-hydrogen) atoms. The van der Waals surface area contributed by atoms with Crippen molar-refractivity contribution in [2.24, 2.45) is 0 Å². The molecule has 6 heterocycles. The van der Waals surface area contributed by atoms with Crippen LogP contribution >= 0.6 is 33.9 Å². The van der Waals surface area contributed by atoms with E-state index in [9.17, 15) is 8.78 Å². The summed E-state index contributed by atoms with van der Waals surface area (Å²) in [6, 6.07) is 6.18. The Labute approximate surface area is 315 Å². The zero-order valence-corrected chi connectivity index (χ0v) is 30.9. The molecule has 3 saturated heterocycles. The summed E-state index contributed by atoms with van der Waals surface area (Å²) in [6.45, 7) is 2.44. The average molecular weight is 889 g/mol. The first-order valence-corrected chi connectivity index (χ1v) is 17.4. The maximum atomic E-state index is 17.2. The second-order valence-corrected chi connectivity index (χ2v) is 15.0. The van der Waals surface area contributed by atoms with E-state index in [1.54, 1.807) is 6.07 Å². The number of benzene rings is 2. The van der Waals surface area contributed by atoms with Gasteiger partial charge in [0.15, 0.2) is 0 Å². The number of halogens is 4. The molecule has 4 fully saturated rings. The predicted octanol–water partition coefficient (Wildman–Crippen LogP) is 6.25. The van der Waals surface area contributed by atoms with E-state index in [0.29, 0.717) is 67.4 Å². The first-order valence-electron chi connectivity index (χ1n) is 15.5. The van der Waals surface area contributed by atoms with Crippen LogP contribution in [0.3, 0.4) is 0 Å². The Morgan fingerprint density at radius 2 is 2.07 bits per heavy atom. The number of alkyl halides is 1. The summed E-state index contributed by atoms with van der Waals surface area (Å²) in [5.74, 6) is 0.0482. The van der Waals surface area contributed by atoms with Crippen LogP contribution in [0.15, 0.2) is 12.1 Å². The van der Waals surface area contributed by atoms with Gasteiger partial charge in [-0.05, 0) is 77.6 Å². The Balaban J connectivity index is 0.00000312. The van der Waals surface area contributed by atoms with Gasteiger partial charge in [0.2, 0.25) is 0 Å². The Hall–Kier alpha value is -1.24. The van der Waals surface area contributed by atoms with Crippen LogP contribution in [0.4, 0.5) is 24.0 Å². The molecular weight excluding hydrogens is 858 g/mol. The van der Waals surface area contributed by atoms with Crippen molar-refractivity contribution in [3.63, 3.8) is 0 Å². The van der Waals surface area contributed by atoms with Gasteiger partial charge in [-0.2, -0.15) is 26.7 Å². The molecule has 2 aromatic carbocycles. The van der Waals surface area contributed by atoms with E-state index in [1.165, 1.54) is 6.07 Å². The van der Waals surface area contributed by atoms with Gasteiger partial charge < -0.3 is 24.8 Å². The molecule has 0 radical (unpaired) electrons. The van der Waals surface area contributed by atoms with E-state index in [1.807, 2.05) is 0 Å². The quantitative estimate of drug-likeness (QED) is 0.186. The molecule has 5 aliphatic rings. The molecule has 2 unspecified atom stereocenters. The molecule has 4 atom stereocenters. The third-order valence-corrected chi connectivity index (χ3v) is 12.0. The number of thiophene rings is 1. The number of ether oxygens (including phenoxy) is 3. The zero-order valence-electron chi connectivity index (χ0n) is 24.8. The van der Waals surface area contributed by atoms with Crippen molar-refractivity contribution in [3.8, 4) is 22.9 Å². The van der Waals surface area contributed by atoms with Gasteiger partial charge in [0.25, 0.3) is 0 Å². The first-order chi connectivity index (χ1) is 21.8. The van der Waals surface area contributed by atoms with Gasteiger partial charge >= 0.3 is 6.01 Å². The topological polar surface area (TPSA) is 86.0 Å². The number of fused-ring (bicyclic) bond motifs is 3. The summed E-state index contributed by atoms with van der Waals surface area (Å²) < 4.78 is 66.3. The van der Waals surface area contributed by atoms with E-state index < -0.39 is 23.3 Å². The summed E-state index contributed by atoms with van der Waals surface area (Å²) in [5, 5.41) is 1.21. The minimum atomic E-state index is -0.899. The van der Waals surface area contributed by atoms with Crippen LogP contribution in [0.25, 0.3) is 32.1 Å². The summed E-state index contributed by atoms with van der Waals surface area (Å²) in [5.41, 5.74) is 6.39. The van der Waals surface area contributed by atoms with Crippen LogP contribution < -0.4 is 20.1 Å². The van der Waals surface area contributed by atoms with Crippen molar-refractivity contribution in [3.05, 3.63) is 33.4 Å². The maximum absolute atomic E-state index is 17.2. The first kappa shape index (κ1) is 32.0. The number of aromatic nitrogens is 2. The molecule has 240 valence electrons. The van der Waals surface area contributed by atoms with E-state index in [4.69, 9.17) is 29.9 Å². The van der Waals surface area contributed by atoms with E-state index in [0.717, 1.165) is 50.0 Å². The normalized spacial score (nSPS) is 27.3. The molecular formula is C32H30CeF3IN5O3S-. The third kappa shape index (κ3) is 5.03. The number of anilines is 2. The predicted molar refractivity (Wildman–Crippen MR) is 174 cm³/mol. The monoisotopic (exact) mass is 888 g/mol. The van der Waals surface area contributed by atoms with Crippen molar-refractivity contribution < 1.29 is 69.1 Å². The molecule has 2 N–H and O–H groups in total. The number of nitrogens with zero attached hydrogens (tertiary/aromatic N) is 4. The van der Waals surface area contributed by atoms with Gasteiger partial charge in [-0.25, -0.2) is 13.2 Å². The summed E-state index contributed by atoms with van der Waals surface area (Å²) in [6.07, 6.45) is 3.74. The number of nitrogen functional groups attached to an aromatic ring is 1. The fourth-order valence-corrected chi connectivity index (χ4v) is 9.69. The molecule has 4 aliphatic heterocycles. The molecule has 1 aliphatic carbocycles. The van der Waals surface area contributed by atoms with Crippen LogP contribution in [0.2, 0.25) is 0 Å². The van der Waals surface area contributed by atoms with Gasteiger partial charge in [0.05, 0.1) is 33.0 Å². The molecule has 0 spiro atoms. The second-order valence-electron chi connectivity index (χ2n) is 12.9. The third-order valence-electron chi connectivity index (χ3n) is 10.1. The minimum Gasteiger partial charge on any atom is -0.484 e. The number of nitrogens with two attached hydrogens (primary N) is 1. The number of rotatable bonds is 5. The molecule has 0 amide bonds. The molecule has 9 rings (SSSR count). The molecule has 4 aromatic rings. The van der Waals surface area contributed by atoms with Gasteiger partial charge in [-0.3, -0.25) is 4.90 Å². The van der Waals surface area contributed by atoms with E-state index >= 15 is 4.39 Å². The standard InChI is InChI=1S/C32H30F3IN5O3S.Ce/c33-15-11-32(7-1-8-40(32)12-15)14-43-31-38-27-24-28(44-21-13-42-9-6-20(21)41(16-2-3-16)30(24)39-31)26(36)23(25(27)35)17-4-5-19(34)29-18(17)10-22(37)45-29;/h4-5,15-16,20-21H,1-3,6-9,11-14,37H2;/q-1;/t15-,20?,21?,32+;/m1./s1. The molecule has 2 aromatic heterocycles. The molecule has 14 heteroatoms. The van der Waals surface area contributed by atoms with E-state index in [-0.39, 0.29) is 83.6 Å². The van der Waals surface area contributed by atoms with Crippen molar-refractivity contribution in [2.45, 2.75) is 68.4 Å². The molecule has 0 bridgehead atoms. The van der Waals surface area contributed by atoms with Crippen LogP contribution in [0.1, 0.15) is 38.5 Å². The summed E-state index contributed by atoms with van der Waals surface area (Å²) in [4.78, 5) is 14.1. The van der Waals surface area contributed by atoms with Crippen LogP contribution in [-0.2, 0) is 4.74 Å². The van der Waals surface area contributed by atoms with E-state index in [2.05, 4.69) is 38.5 Å². The molecule has 8 nitrogen and oxygen atoms in total. The van der Waals surface area contributed by atoms with Gasteiger partial charge in [-0.15, -0.1) is 17.7 Å². The Kier molecular flexibility index (Phi) is 8.32. The Morgan fingerprint density at radius 3 is 2.89 bits per heavy atom. The average Bonchev–Trinajstić information content (AvgIpc) is 3.58. The summed E-state index contributed by atoms with van der Waals surface area (Å²) >= 11 is 3.19. The van der Waals surface area contributed by atoms with Crippen molar-refractivity contribution in [1.82, 2.24) is 14.9 Å². The molecule has 1 saturated carbocycles. The van der Waals surface area contributed by atoms with Crippen molar-refractivity contribution in [1.29, 1.82) is 0 Å². The van der Waals surface area contributed by atoms with Gasteiger partial charge in [0, 0.05) is 72.4 Å². The zero-order chi connectivity index (χ0) is 30.6. The SMILES string of the molecule is Nc1[c-]c2c(-c3c(I)c4c5c(nc(OC[C@@]67CCCN6C[C@H](F)C7)nc5c3F)N(C3CC3)C3CCOCC3O4)ccc(F)c2s1.[Ce]. The minimum absolute atomic E-state index is 0. The van der Waals surface area contributed by atoms with Gasteiger partial charge in [-0.1, -0.05) is 0 Å². The maximum Gasteiger partial charge on any atom is 0.319 e. The van der Waals surface area contributed by atoms with Crippen LogP contribution in [0.5, 0.6) is 11.8 Å². The Bertz CT molecular complexity index is 1880. The van der Waals surface area contributed by atoms with Crippen LogP contribution in [0, 0.1) is 63.0 Å². The van der Waals surface area contributed by atoms with Crippen molar-refractivity contribution >= 4 is 65.7 Å². The Morgan fingerprint density at radius 1 is 1.22 bits per heavy atom. The van der Waals surface area contributed by atoms with Crippen molar-refractivity contribution in [2.75, 3.05) is 43.5 Å². The van der Waals surface area contributed by atoms with Gasteiger partial charge in [0.1, 0.15) is 41.8 Å². The van der Waals surface area contributed by atoms with Crippen LogP contribution in [-0.4, -0.2) is 77.7 Å². The summed E-state index contributed by atoms with van der Waals surface area (Å²) in [7, 11) is 0. The number of hydrogen-bond acceptors (Lipinski definition) is 9. The largest absolute Gasteiger partial charge is 0.484 e. The smallest absolute Gasteiger partial charge is 0.319 e. The second kappa shape index (κ2) is 12.0. The fraction of sp³-hybridized carbons (Fsp3) is 0.500. The fourth-order valence-electron chi connectivity index (χ4n) is 7.97. The number of hydrogen-bond donors (Lipinski definition) is 1.